The quantitative estimate of drug-likeness (QED) is 0.534. The Labute approximate surface area is 126 Å². The number of phenolic OH excluding ortho intramolecular Hbond substituents is 1. The average Bonchev–Trinajstić information content (AvgIpc) is 2.97. The summed E-state index contributed by atoms with van der Waals surface area (Å²) in [5.41, 5.74) is 0.307. The lowest BCUT2D eigenvalue weighted by molar-refractivity contribution is -0.145. The Balaban J connectivity index is 1.74. The monoisotopic (exact) mass is 300 g/mol. The number of fused-ring (bicyclic) bond motifs is 1. The van der Waals surface area contributed by atoms with Gasteiger partial charge in [0.05, 0.1) is 6.42 Å². The van der Waals surface area contributed by atoms with Gasteiger partial charge in [-0.05, 0) is 30.9 Å². The predicted octanol–water partition coefficient (Wildman–Crippen LogP) is 2.90. The lowest BCUT2D eigenvalue weighted by Crippen LogP contribution is -2.10. The van der Waals surface area contributed by atoms with Crippen molar-refractivity contribution in [3.05, 3.63) is 52.4 Å². The molecule has 0 saturated heterocycles. The van der Waals surface area contributed by atoms with Crippen LogP contribution in [-0.2, 0) is 16.1 Å². The molecular formula is C17H16O5. The second-order valence-corrected chi connectivity index (χ2v) is 5.40. The van der Waals surface area contributed by atoms with Crippen LogP contribution in [0.5, 0.6) is 5.75 Å². The highest BCUT2D eigenvalue weighted by atomic mass is 16.5. The number of phenols is 1. The molecule has 0 saturated carbocycles. The molecule has 1 aliphatic carbocycles. The van der Waals surface area contributed by atoms with Crippen LogP contribution in [0, 0.1) is 5.92 Å². The van der Waals surface area contributed by atoms with Crippen molar-refractivity contribution in [1.82, 2.24) is 0 Å². The van der Waals surface area contributed by atoms with Crippen molar-refractivity contribution >= 4 is 16.9 Å². The van der Waals surface area contributed by atoms with Gasteiger partial charge in [-0.25, -0.2) is 4.79 Å². The molecule has 1 aromatic carbocycles. The van der Waals surface area contributed by atoms with E-state index in [2.05, 4.69) is 6.08 Å². The number of rotatable bonds is 4. The Kier molecular flexibility index (Phi) is 3.96. The molecule has 0 amide bonds. The number of ether oxygens (including phenoxy) is 1. The van der Waals surface area contributed by atoms with Crippen LogP contribution >= 0.6 is 0 Å². The van der Waals surface area contributed by atoms with Gasteiger partial charge < -0.3 is 14.3 Å². The van der Waals surface area contributed by atoms with E-state index in [1.807, 2.05) is 6.08 Å². The van der Waals surface area contributed by atoms with E-state index in [9.17, 15) is 14.7 Å². The molecule has 0 bridgehead atoms. The summed E-state index contributed by atoms with van der Waals surface area (Å²) < 4.78 is 10.3. The maximum absolute atomic E-state index is 11.8. The fourth-order valence-corrected chi connectivity index (χ4v) is 2.63. The van der Waals surface area contributed by atoms with Crippen LogP contribution in [0.4, 0.5) is 0 Å². The largest absolute Gasteiger partial charge is 0.508 e. The molecule has 3 rings (SSSR count). The van der Waals surface area contributed by atoms with Crippen molar-refractivity contribution in [3.63, 3.8) is 0 Å². The first-order valence-electron chi connectivity index (χ1n) is 7.20. The van der Waals surface area contributed by atoms with E-state index in [0.29, 0.717) is 17.4 Å². The van der Waals surface area contributed by atoms with Gasteiger partial charge in [-0.15, -0.1) is 0 Å². The standard InChI is InChI=1S/C17H16O5/c18-13-5-6-14-12(8-17(20)22-15(14)9-13)10-21-16(19)7-11-3-1-2-4-11/h1,3,5-6,8-9,11,18H,2,4,7,10H2/t11-/m1/s1. The highest BCUT2D eigenvalue weighted by molar-refractivity contribution is 5.81. The van der Waals surface area contributed by atoms with Gasteiger partial charge in [0, 0.05) is 23.1 Å². The number of aromatic hydroxyl groups is 1. The summed E-state index contributed by atoms with van der Waals surface area (Å²) in [6.45, 7) is 0.0160. The van der Waals surface area contributed by atoms with E-state index in [1.54, 1.807) is 6.07 Å². The van der Waals surface area contributed by atoms with Crippen LogP contribution in [0.1, 0.15) is 24.8 Å². The second kappa shape index (κ2) is 6.05. The molecule has 0 aliphatic heterocycles. The molecule has 0 radical (unpaired) electrons. The Hall–Kier alpha value is -2.56. The van der Waals surface area contributed by atoms with Crippen LogP contribution in [0.3, 0.4) is 0 Å². The zero-order valence-electron chi connectivity index (χ0n) is 12.0. The van der Waals surface area contributed by atoms with Gasteiger partial charge in [0.2, 0.25) is 0 Å². The van der Waals surface area contributed by atoms with Crippen LogP contribution in [-0.4, -0.2) is 11.1 Å². The minimum Gasteiger partial charge on any atom is -0.508 e. The Morgan fingerprint density at radius 3 is 3.00 bits per heavy atom. The molecular weight excluding hydrogens is 284 g/mol. The van der Waals surface area contributed by atoms with Crippen molar-refractivity contribution in [1.29, 1.82) is 0 Å². The maximum Gasteiger partial charge on any atom is 0.336 e. The first-order valence-corrected chi connectivity index (χ1v) is 7.20. The molecule has 0 spiro atoms. The number of hydrogen-bond acceptors (Lipinski definition) is 5. The normalized spacial score (nSPS) is 17.0. The summed E-state index contributed by atoms with van der Waals surface area (Å²) >= 11 is 0. The number of esters is 1. The van der Waals surface area contributed by atoms with E-state index in [1.165, 1.54) is 18.2 Å². The molecule has 5 heteroatoms. The van der Waals surface area contributed by atoms with Crippen LogP contribution < -0.4 is 5.63 Å². The highest BCUT2D eigenvalue weighted by Gasteiger charge is 2.16. The first kappa shape index (κ1) is 14.4. The van der Waals surface area contributed by atoms with E-state index >= 15 is 0 Å². The molecule has 1 aliphatic rings. The fourth-order valence-electron chi connectivity index (χ4n) is 2.63. The minimum atomic E-state index is -0.539. The van der Waals surface area contributed by atoms with Crippen LogP contribution in [0.25, 0.3) is 11.0 Å². The zero-order valence-corrected chi connectivity index (χ0v) is 12.0. The molecule has 0 unspecified atom stereocenters. The molecule has 0 fully saturated rings. The topological polar surface area (TPSA) is 76.7 Å². The molecule has 22 heavy (non-hydrogen) atoms. The molecule has 1 aromatic heterocycles. The zero-order chi connectivity index (χ0) is 15.5. The molecule has 114 valence electrons. The molecule has 5 nitrogen and oxygen atoms in total. The molecule has 1 N–H and O–H groups in total. The summed E-state index contributed by atoms with van der Waals surface area (Å²) in [6.07, 6.45) is 6.45. The Morgan fingerprint density at radius 2 is 2.23 bits per heavy atom. The number of hydrogen-bond donors (Lipinski definition) is 1. The third-order valence-electron chi connectivity index (χ3n) is 3.74. The van der Waals surface area contributed by atoms with E-state index < -0.39 is 5.63 Å². The van der Waals surface area contributed by atoms with E-state index in [0.717, 1.165) is 12.8 Å². The smallest absolute Gasteiger partial charge is 0.336 e. The Bertz CT molecular complexity index is 787. The minimum absolute atomic E-state index is 0.0119. The van der Waals surface area contributed by atoms with Gasteiger partial charge in [0.15, 0.2) is 0 Å². The lowest BCUT2D eigenvalue weighted by atomic mass is 10.1. The number of carbonyl (C=O) groups excluding carboxylic acids is 1. The number of benzene rings is 1. The third-order valence-corrected chi connectivity index (χ3v) is 3.74. The van der Waals surface area contributed by atoms with E-state index in [-0.39, 0.29) is 29.8 Å². The van der Waals surface area contributed by atoms with Crippen molar-refractivity contribution in [3.8, 4) is 5.75 Å². The van der Waals surface area contributed by atoms with Gasteiger partial charge >= 0.3 is 11.6 Å². The van der Waals surface area contributed by atoms with E-state index in [4.69, 9.17) is 9.15 Å². The van der Waals surface area contributed by atoms with Crippen LogP contribution in [0.2, 0.25) is 0 Å². The van der Waals surface area contributed by atoms with Crippen LogP contribution in [0.15, 0.2) is 45.6 Å². The Morgan fingerprint density at radius 1 is 1.36 bits per heavy atom. The van der Waals surface area contributed by atoms with Crippen molar-refractivity contribution in [2.45, 2.75) is 25.9 Å². The molecule has 1 atom stereocenters. The van der Waals surface area contributed by atoms with Gasteiger partial charge in [-0.3, -0.25) is 4.79 Å². The van der Waals surface area contributed by atoms with Crippen molar-refractivity contribution in [2.75, 3.05) is 0 Å². The first-order chi connectivity index (χ1) is 10.6. The van der Waals surface area contributed by atoms with Gasteiger partial charge in [0.25, 0.3) is 0 Å². The van der Waals surface area contributed by atoms with Crippen molar-refractivity contribution < 1.29 is 19.1 Å². The summed E-state index contributed by atoms with van der Waals surface area (Å²) in [7, 11) is 0. The molecule has 1 heterocycles. The van der Waals surface area contributed by atoms with Gasteiger partial charge in [-0.1, -0.05) is 12.2 Å². The highest BCUT2D eigenvalue weighted by Crippen LogP contribution is 2.23. The number of carbonyl (C=O) groups is 1. The summed E-state index contributed by atoms with van der Waals surface area (Å²) in [6, 6.07) is 5.81. The number of allylic oxidation sites excluding steroid dienone is 2. The third kappa shape index (κ3) is 3.19. The fraction of sp³-hybridized carbons (Fsp3) is 0.294. The predicted molar refractivity (Wildman–Crippen MR) is 80.4 cm³/mol. The molecule has 2 aromatic rings. The SMILES string of the molecule is O=C(C[C@@H]1C=CCC1)OCc1cc(=O)oc2cc(O)ccc12. The lowest BCUT2D eigenvalue weighted by Gasteiger charge is -2.09. The summed E-state index contributed by atoms with van der Waals surface area (Å²) in [4.78, 5) is 23.4. The second-order valence-electron chi connectivity index (χ2n) is 5.40. The van der Waals surface area contributed by atoms with Gasteiger partial charge in [0.1, 0.15) is 17.9 Å². The maximum atomic E-state index is 11.8. The average molecular weight is 300 g/mol. The summed E-state index contributed by atoms with van der Waals surface area (Å²) in [5, 5.41) is 10.1. The van der Waals surface area contributed by atoms with Crippen molar-refractivity contribution in [2.24, 2.45) is 5.92 Å². The summed E-state index contributed by atoms with van der Waals surface area (Å²) in [5.74, 6) is -0.0171. The van der Waals surface area contributed by atoms with Gasteiger partial charge in [-0.2, -0.15) is 0 Å².